The number of phenols is 1. The average molecular weight is 346 g/mol. The van der Waals surface area contributed by atoms with Crippen molar-refractivity contribution in [3.05, 3.63) is 29.3 Å². The first-order valence-electron chi connectivity index (χ1n) is 8.99. The summed E-state index contributed by atoms with van der Waals surface area (Å²) in [5.74, 6) is -0.0651. The highest BCUT2D eigenvalue weighted by atomic mass is 16.4. The van der Waals surface area contributed by atoms with Gasteiger partial charge in [0.1, 0.15) is 5.75 Å². The number of nitrogens with zero attached hydrogens (tertiary/aromatic N) is 1. The molecule has 136 valence electrons. The van der Waals surface area contributed by atoms with Crippen molar-refractivity contribution in [1.29, 1.82) is 0 Å². The number of aromatic hydroxyl groups is 1. The third-order valence-corrected chi connectivity index (χ3v) is 5.30. The zero-order valence-electron chi connectivity index (χ0n) is 14.6. The molecule has 0 spiro atoms. The molecule has 6 nitrogen and oxygen atoms in total. The quantitative estimate of drug-likeness (QED) is 0.704. The van der Waals surface area contributed by atoms with Crippen LogP contribution in [0.2, 0.25) is 0 Å². The monoisotopic (exact) mass is 346 g/mol. The number of carbonyl (C=O) groups excluding carboxylic acids is 1. The molecule has 2 fully saturated rings. The summed E-state index contributed by atoms with van der Waals surface area (Å²) in [4.78, 5) is 25.8. The van der Waals surface area contributed by atoms with Crippen LogP contribution < -0.4 is 5.32 Å². The Balaban J connectivity index is 1.60. The van der Waals surface area contributed by atoms with Gasteiger partial charge in [-0.1, -0.05) is 0 Å². The van der Waals surface area contributed by atoms with E-state index in [1.54, 1.807) is 19.1 Å². The molecule has 1 aliphatic carbocycles. The first-order valence-corrected chi connectivity index (χ1v) is 8.99. The molecule has 25 heavy (non-hydrogen) atoms. The largest absolute Gasteiger partial charge is 0.508 e. The summed E-state index contributed by atoms with van der Waals surface area (Å²) in [5.41, 5.74) is 1.30. The van der Waals surface area contributed by atoms with Crippen LogP contribution in [0.15, 0.2) is 18.2 Å². The summed E-state index contributed by atoms with van der Waals surface area (Å²) in [7, 11) is 0. The number of carboxylic acids is 1. The van der Waals surface area contributed by atoms with Gasteiger partial charge in [-0.15, -0.1) is 0 Å². The summed E-state index contributed by atoms with van der Waals surface area (Å²) in [6, 6.07) is 5.00. The number of benzene rings is 1. The topological polar surface area (TPSA) is 89.9 Å². The van der Waals surface area contributed by atoms with Gasteiger partial charge in [0.15, 0.2) is 0 Å². The van der Waals surface area contributed by atoms with Crippen molar-refractivity contribution in [2.75, 3.05) is 13.1 Å². The normalized spacial score (nSPS) is 23.6. The van der Waals surface area contributed by atoms with E-state index in [4.69, 9.17) is 5.11 Å². The number of likely N-dealkylation sites (tertiary alicyclic amines) is 1. The van der Waals surface area contributed by atoms with Gasteiger partial charge in [0, 0.05) is 30.7 Å². The van der Waals surface area contributed by atoms with E-state index >= 15 is 0 Å². The van der Waals surface area contributed by atoms with E-state index in [1.165, 1.54) is 18.9 Å². The molecule has 2 aliphatic rings. The molecule has 1 aliphatic heterocycles. The standard InChI is InChI=1S/C19H26N2O4/c1-12-8-16(22)6-7-17(12)19(25)20-10-15-5-4-14(9-18(23)24)21(15)11-13-2-3-13/h6-8,13-15,22H,2-5,9-11H2,1H3,(H,20,25)(H,23,24)/t14-,15+/m1/s1. The minimum atomic E-state index is -0.754. The van der Waals surface area contributed by atoms with Crippen LogP contribution in [0.3, 0.4) is 0 Å². The molecule has 0 unspecified atom stereocenters. The lowest BCUT2D eigenvalue weighted by Crippen LogP contribution is -2.44. The molecule has 6 heteroatoms. The van der Waals surface area contributed by atoms with E-state index in [-0.39, 0.29) is 30.2 Å². The third kappa shape index (κ3) is 4.51. The smallest absolute Gasteiger partial charge is 0.304 e. The Morgan fingerprint density at radius 2 is 1.92 bits per heavy atom. The maximum atomic E-state index is 12.4. The number of amides is 1. The van der Waals surface area contributed by atoms with E-state index in [2.05, 4.69) is 10.2 Å². The number of nitrogens with one attached hydrogen (secondary N) is 1. The minimum absolute atomic E-state index is 0.0791. The second-order valence-electron chi connectivity index (χ2n) is 7.33. The molecular weight excluding hydrogens is 320 g/mol. The summed E-state index contributed by atoms with van der Waals surface area (Å²) >= 11 is 0. The molecule has 1 amide bonds. The number of aryl methyl sites for hydroxylation is 1. The first-order chi connectivity index (χ1) is 11.9. The van der Waals surface area contributed by atoms with E-state index in [0.29, 0.717) is 18.0 Å². The molecule has 1 heterocycles. The fourth-order valence-electron chi connectivity index (χ4n) is 3.76. The predicted molar refractivity (Wildman–Crippen MR) is 93.7 cm³/mol. The number of aliphatic carboxylic acids is 1. The van der Waals surface area contributed by atoms with Gasteiger partial charge in [0.25, 0.3) is 5.91 Å². The Hall–Kier alpha value is -2.08. The Bertz CT molecular complexity index is 657. The van der Waals surface area contributed by atoms with Crippen LogP contribution in [-0.4, -0.2) is 52.2 Å². The van der Waals surface area contributed by atoms with Crippen molar-refractivity contribution in [3.63, 3.8) is 0 Å². The Morgan fingerprint density at radius 3 is 2.56 bits per heavy atom. The Labute approximate surface area is 147 Å². The zero-order chi connectivity index (χ0) is 18.0. The predicted octanol–water partition coefficient (Wildman–Crippen LogP) is 2.15. The number of phenolic OH excluding ortho intramolecular Hbond substituents is 1. The molecule has 2 atom stereocenters. The Morgan fingerprint density at radius 1 is 1.20 bits per heavy atom. The lowest BCUT2D eigenvalue weighted by atomic mass is 10.1. The van der Waals surface area contributed by atoms with Gasteiger partial charge >= 0.3 is 5.97 Å². The first kappa shape index (κ1) is 17.7. The van der Waals surface area contributed by atoms with Crippen molar-refractivity contribution in [2.45, 2.75) is 51.1 Å². The fraction of sp³-hybridized carbons (Fsp3) is 0.579. The molecule has 1 saturated heterocycles. The number of carbonyl (C=O) groups is 2. The van der Waals surface area contributed by atoms with Crippen molar-refractivity contribution in [1.82, 2.24) is 10.2 Å². The van der Waals surface area contributed by atoms with Crippen molar-refractivity contribution < 1.29 is 19.8 Å². The van der Waals surface area contributed by atoms with Crippen molar-refractivity contribution in [3.8, 4) is 5.75 Å². The van der Waals surface area contributed by atoms with E-state index in [9.17, 15) is 14.7 Å². The van der Waals surface area contributed by atoms with Crippen LogP contribution in [0, 0.1) is 12.8 Å². The van der Waals surface area contributed by atoms with Gasteiger partial charge in [-0.25, -0.2) is 0 Å². The van der Waals surface area contributed by atoms with Gasteiger partial charge in [-0.05, 0) is 62.3 Å². The van der Waals surface area contributed by atoms with E-state index in [1.807, 2.05) is 0 Å². The second-order valence-corrected chi connectivity index (χ2v) is 7.33. The molecule has 3 rings (SSSR count). The number of hydrogen-bond acceptors (Lipinski definition) is 4. The van der Waals surface area contributed by atoms with Crippen LogP contribution >= 0.6 is 0 Å². The molecule has 0 bridgehead atoms. The van der Waals surface area contributed by atoms with Crippen LogP contribution in [0.1, 0.15) is 48.0 Å². The zero-order valence-corrected chi connectivity index (χ0v) is 14.6. The minimum Gasteiger partial charge on any atom is -0.508 e. The molecule has 1 aromatic rings. The summed E-state index contributed by atoms with van der Waals surface area (Å²) in [6.45, 7) is 3.27. The molecule has 1 saturated carbocycles. The van der Waals surface area contributed by atoms with Crippen molar-refractivity contribution >= 4 is 11.9 Å². The van der Waals surface area contributed by atoms with Crippen LogP contribution in [0.25, 0.3) is 0 Å². The summed E-state index contributed by atoms with van der Waals surface area (Å²) in [6.07, 6.45) is 4.41. The van der Waals surface area contributed by atoms with Crippen LogP contribution in [0.4, 0.5) is 0 Å². The fourth-order valence-corrected chi connectivity index (χ4v) is 3.76. The number of rotatable bonds is 7. The second kappa shape index (κ2) is 7.44. The Kier molecular flexibility index (Phi) is 5.27. The lowest BCUT2D eigenvalue weighted by molar-refractivity contribution is -0.138. The lowest BCUT2D eigenvalue weighted by Gasteiger charge is -2.29. The van der Waals surface area contributed by atoms with Gasteiger partial charge in [-0.3, -0.25) is 14.5 Å². The van der Waals surface area contributed by atoms with E-state index < -0.39 is 5.97 Å². The van der Waals surface area contributed by atoms with Gasteiger partial charge in [0.2, 0.25) is 0 Å². The van der Waals surface area contributed by atoms with Crippen LogP contribution in [-0.2, 0) is 4.79 Å². The average Bonchev–Trinajstić information content (AvgIpc) is 3.28. The molecular formula is C19H26N2O4. The summed E-state index contributed by atoms with van der Waals surface area (Å²) in [5, 5.41) is 21.6. The highest BCUT2D eigenvalue weighted by Gasteiger charge is 2.38. The molecule has 0 radical (unpaired) electrons. The molecule has 3 N–H and O–H groups in total. The summed E-state index contributed by atoms with van der Waals surface area (Å²) < 4.78 is 0. The van der Waals surface area contributed by atoms with Gasteiger partial charge in [-0.2, -0.15) is 0 Å². The third-order valence-electron chi connectivity index (χ3n) is 5.30. The van der Waals surface area contributed by atoms with Gasteiger partial charge in [0.05, 0.1) is 6.42 Å². The van der Waals surface area contributed by atoms with Crippen LogP contribution in [0.5, 0.6) is 5.75 Å². The van der Waals surface area contributed by atoms with E-state index in [0.717, 1.165) is 24.9 Å². The highest BCUT2D eigenvalue weighted by Crippen LogP contribution is 2.35. The maximum absolute atomic E-state index is 12.4. The highest BCUT2D eigenvalue weighted by molar-refractivity contribution is 5.95. The number of carboxylic acid groups (broad SMARTS) is 1. The van der Waals surface area contributed by atoms with Gasteiger partial charge < -0.3 is 15.5 Å². The maximum Gasteiger partial charge on any atom is 0.304 e. The molecule has 1 aromatic carbocycles. The SMILES string of the molecule is Cc1cc(O)ccc1C(=O)NC[C@@H]1CC[C@H](CC(=O)O)N1CC1CC1. The number of hydrogen-bond donors (Lipinski definition) is 3. The molecule has 0 aromatic heterocycles. The van der Waals surface area contributed by atoms with Crippen molar-refractivity contribution in [2.24, 2.45) is 5.92 Å².